The molecule has 90 valence electrons. The highest BCUT2D eigenvalue weighted by molar-refractivity contribution is 6.29. The van der Waals surface area contributed by atoms with Gasteiger partial charge in [0.25, 0.3) is 0 Å². The van der Waals surface area contributed by atoms with Crippen molar-refractivity contribution in [2.24, 2.45) is 0 Å². The molecule has 0 atom stereocenters. The van der Waals surface area contributed by atoms with Gasteiger partial charge in [0.15, 0.2) is 0 Å². The molecular formula is C12H20ClN3. The molecule has 1 heterocycles. The lowest BCUT2D eigenvalue weighted by Gasteiger charge is -2.17. The maximum atomic E-state index is 5.74. The van der Waals surface area contributed by atoms with Crippen molar-refractivity contribution in [2.45, 2.75) is 13.0 Å². The Morgan fingerprint density at radius 2 is 1.94 bits per heavy atom. The fourth-order valence-electron chi connectivity index (χ4n) is 1.55. The Labute approximate surface area is 103 Å². The molecule has 16 heavy (non-hydrogen) atoms. The van der Waals surface area contributed by atoms with Gasteiger partial charge in [0.05, 0.1) is 0 Å². The first-order valence-electron chi connectivity index (χ1n) is 5.51. The van der Waals surface area contributed by atoms with Crippen LogP contribution in [0.4, 0.5) is 0 Å². The van der Waals surface area contributed by atoms with Gasteiger partial charge >= 0.3 is 0 Å². The second kappa shape index (κ2) is 6.84. The average Bonchev–Trinajstić information content (AvgIpc) is 2.21. The minimum absolute atomic E-state index is 0.555. The van der Waals surface area contributed by atoms with Crippen molar-refractivity contribution in [1.82, 2.24) is 14.8 Å². The highest BCUT2D eigenvalue weighted by Gasteiger charge is 2.01. The van der Waals surface area contributed by atoms with E-state index in [0.29, 0.717) is 5.15 Å². The molecule has 0 saturated carbocycles. The molecule has 0 aliphatic rings. The largest absolute Gasteiger partial charge is 0.309 e. The quantitative estimate of drug-likeness (QED) is 0.712. The third kappa shape index (κ3) is 5.45. The summed E-state index contributed by atoms with van der Waals surface area (Å²) in [4.78, 5) is 8.58. The molecule has 0 amide bonds. The molecular weight excluding hydrogens is 222 g/mol. The molecule has 0 aliphatic carbocycles. The fraction of sp³-hybridized carbons (Fsp3) is 0.583. The summed E-state index contributed by atoms with van der Waals surface area (Å²) in [6.45, 7) is 3.15. The lowest BCUT2D eigenvalue weighted by molar-refractivity contribution is 0.294. The average molecular weight is 242 g/mol. The topological polar surface area (TPSA) is 19.4 Å². The van der Waals surface area contributed by atoms with Crippen molar-refractivity contribution < 1.29 is 0 Å². The van der Waals surface area contributed by atoms with Crippen LogP contribution in [0.15, 0.2) is 18.3 Å². The van der Waals surface area contributed by atoms with Crippen LogP contribution < -0.4 is 0 Å². The first kappa shape index (κ1) is 13.4. The van der Waals surface area contributed by atoms with Gasteiger partial charge in [0, 0.05) is 12.7 Å². The van der Waals surface area contributed by atoms with E-state index >= 15 is 0 Å². The van der Waals surface area contributed by atoms with Gasteiger partial charge in [0.1, 0.15) is 5.15 Å². The molecule has 0 aliphatic heterocycles. The van der Waals surface area contributed by atoms with E-state index in [1.807, 2.05) is 18.3 Å². The summed E-state index contributed by atoms with van der Waals surface area (Å²) in [5, 5.41) is 0.555. The van der Waals surface area contributed by atoms with Gasteiger partial charge in [-0.15, -0.1) is 0 Å². The van der Waals surface area contributed by atoms with Crippen molar-refractivity contribution in [2.75, 3.05) is 34.2 Å². The maximum Gasteiger partial charge on any atom is 0.129 e. The molecule has 0 saturated heterocycles. The number of aromatic nitrogens is 1. The maximum absolute atomic E-state index is 5.74. The zero-order chi connectivity index (χ0) is 12.0. The summed E-state index contributed by atoms with van der Waals surface area (Å²) in [5.74, 6) is 0. The Hall–Kier alpha value is -0.640. The normalized spacial score (nSPS) is 11.4. The molecule has 0 radical (unpaired) electrons. The molecule has 1 aromatic rings. The van der Waals surface area contributed by atoms with Crippen molar-refractivity contribution in [3.63, 3.8) is 0 Å². The highest BCUT2D eigenvalue weighted by atomic mass is 35.5. The Morgan fingerprint density at radius 3 is 2.50 bits per heavy atom. The second-order valence-electron chi connectivity index (χ2n) is 4.38. The van der Waals surface area contributed by atoms with Gasteiger partial charge in [-0.1, -0.05) is 17.7 Å². The Morgan fingerprint density at radius 1 is 1.19 bits per heavy atom. The van der Waals surface area contributed by atoms with Gasteiger partial charge in [-0.25, -0.2) is 4.98 Å². The van der Waals surface area contributed by atoms with E-state index in [4.69, 9.17) is 11.6 Å². The number of rotatable bonds is 6. The van der Waals surface area contributed by atoms with Crippen molar-refractivity contribution in [3.8, 4) is 0 Å². The summed E-state index contributed by atoms with van der Waals surface area (Å²) in [6.07, 6.45) is 3.02. The highest BCUT2D eigenvalue weighted by Crippen LogP contribution is 2.07. The third-order valence-electron chi connectivity index (χ3n) is 2.39. The number of hydrogen-bond acceptors (Lipinski definition) is 3. The van der Waals surface area contributed by atoms with E-state index in [2.05, 4.69) is 35.9 Å². The summed E-state index contributed by atoms with van der Waals surface area (Å²) in [5.41, 5.74) is 1.21. The van der Waals surface area contributed by atoms with E-state index in [9.17, 15) is 0 Å². The predicted molar refractivity (Wildman–Crippen MR) is 68.8 cm³/mol. The zero-order valence-corrected chi connectivity index (χ0v) is 11.0. The summed E-state index contributed by atoms with van der Waals surface area (Å²) in [7, 11) is 6.33. The van der Waals surface area contributed by atoms with Gasteiger partial charge in [-0.05, 0) is 52.3 Å². The standard InChI is InChI=1S/C12H20ClN3/c1-15(2)7-4-8-16(3)10-11-5-6-12(13)14-9-11/h5-6,9H,4,7-8,10H2,1-3H3. The Bertz CT molecular complexity index is 298. The molecule has 0 N–H and O–H groups in total. The van der Waals surface area contributed by atoms with Gasteiger partial charge in [0.2, 0.25) is 0 Å². The fourth-order valence-corrected chi connectivity index (χ4v) is 1.66. The molecule has 4 heteroatoms. The van der Waals surface area contributed by atoms with E-state index in [1.165, 1.54) is 12.0 Å². The number of pyridine rings is 1. The number of nitrogens with zero attached hydrogens (tertiary/aromatic N) is 3. The van der Waals surface area contributed by atoms with E-state index in [-0.39, 0.29) is 0 Å². The Kier molecular flexibility index (Phi) is 5.74. The third-order valence-corrected chi connectivity index (χ3v) is 2.61. The minimum Gasteiger partial charge on any atom is -0.309 e. The molecule has 3 nitrogen and oxygen atoms in total. The smallest absolute Gasteiger partial charge is 0.129 e. The van der Waals surface area contributed by atoms with Crippen LogP contribution in [0.25, 0.3) is 0 Å². The van der Waals surface area contributed by atoms with Crippen LogP contribution in [0.2, 0.25) is 5.15 Å². The van der Waals surface area contributed by atoms with E-state index in [1.54, 1.807) is 0 Å². The molecule has 0 aromatic carbocycles. The van der Waals surface area contributed by atoms with E-state index in [0.717, 1.165) is 19.6 Å². The lowest BCUT2D eigenvalue weighted by Crippen LogP contribution is -2.23. The van der Waals surface area contributed by atoms with Crippen LogP contribution in [0.3, 0.4) is 0 Å². The first-order chi connectivity index (χ1) is 7.58. The minimum atomic E-state index is 0.555. The van der Waals surface area contributed by atoms with E-state index < -0.39 is 0 Å². The van der Waals surface area contributed by atoms with Crippen LogP contribution in [0.5, 0.6) is 0 Å². The van der Waals surface area contributed by atoms with Gasteiger partial charge in [-0.2, -0.15) is 0 Å². The van der Waals surface area contributed by atoms with Crippen molar-refractivity contribution >= 4 is 11.6 Å². The van der Waals surface area contributed by atoms with Gasteiger partial charge in [-0.3, -0.25) is 0 Å². The SMILES string of the molecule is CN(C)CCCN(C)Cc1ccc(Cl)nc1. The van der Waals surface area contributed by atoms with Crippen LogP contribution in [-0.2, 0) is 6.54 Å². The lowest BCUT2D eigenvalue weighted by atomic mass is 10.2. The van der Waals surface area contributed by atoms with Crippen molar-refractivity contribution in [3.05, 3.63) is 29.0 Å². The summed E-state index contributed by atoms with van der Waals surface area (Å²) < 4.78 is 0. The number of halogens is 1. The molecule has 1 rings (SSSR count). The predicted octanol–water partition coefficient (Wildman–Crippen LogP) is 2.12. The van der Waals surface area contributed by atoms with Crippen LogP contribution >= 0.6 is 11.6 Å². The molecule has 1 aromatic heterocycles. The van der Waals surface area contributed by atoms with Crippen LogP contribution in [-0.4, -0.2) is 49.0 Å². The van der Waals surface area contributed by atoms with Crippen LogP contribution in [0, 0.1) is 0 Å². The zero-order valence-electron chi connectivity index (χ0n) is 10.3. The second-order valence-corrected chi connectivity index (χ2v) is 4.77. The molecule has 0 spiro atoms. The van der Waals surface area contributed by atoms with Gasteiger partial charge < -0.3 is 9.80 Å². The summed E-state index contributed by atoms with van der Waals surface area (Å²) in [6, 6.07) is 3.86. The summed E-state index contributed by atoms with van der Waals surface area (Å²) >= 11 is 5.74. The molecule has 0 fully saturated rings. The van der Waals surface area contributed by atoms with Crippen LogP contribution in [0.1, 0.15) is 12.0 Å². The van der Waals surface area contributed by atoms with Crippen molar-refractivity contribution in [1.29, 1.82) is 0 Å². The number of hydrogen-bond donors (Lipinski definition) is 0. The molecule has 0 unspecified atom stereocenters. The first-order valence-corrected chi connectivity index (χ1v) is 5.89. The molecule has 0 bridgehead atoms. The Balaban J connectivity index is 2.28. The monoisotopic (exact) mass is 241 g/mol.